The van der Waals surface area contributed by atoms with Crippen LogP contribution < -0.4 is 14.3 Å². The summed E-state index contributed by atoms with van der Waals surface area (Å²) in [6, 6.07) is 15.2. The van der Waals surface area contributed by atoms with E-state index in [0.29, 0.717) is 11.4 Å². The van der Waals surface area contributed by atoms with Crippen LogP contribution in [0, 0.1) is 13.8 Å². The Morgan fingerprint density at radius 3 is 1.94 bits per heavy atom. The first kappa shape index (κ1) is 26.8. The van der Waals surface area contributed by atoms with Crippen molar-refractivity contribution in [2.75, 3.05) is 27.1 Å². The molecule has 35 heavy (non-hydrogen) atoms. The van der Waals surface area contributed by atoms with Gasteiger partial charge in [0, 0.05) is 15.7 Å². The van der Waals surface area contributed by atoms with Gasteiger partial charge in [-0.15, -0.1) is 0 Å². The van der Waals surface area contributed by atoms with Gasteiger partial charge in [-0.1, -0.05) is 41.4 Å². The molecular formula is C23H23Cl2N3O5S2. The van der Waals surface area contributed by atoms with Crippen molar-refractivity contribution in [1.82, 2.24) is 0 Å². The minimum Gasteiger partial charge on any atom is -0.325 e. The number of nitrogens with zero attached hydrogens (tertiary/aromatic N) is 1. The van der Waals surface area contributed by atoms with Gasteiger partial charge < -0.3 is 5.32 Å². The van der Waals surface area contributed by atoms with Gasteiger partial charge in [0.1, 0.15) is 6.54 Å². The Kier molecular flexibility index (Phi) is 8.00. The average Bonchev–Trinajstić information content (AvgIpc) is 2.73. The van der Waals surface area contributed by atoms with Crippen molar-refractivity contribution in [3.05, 3.63) is 81.8 Å². The van der Waals surface area contributed by atoms with E-state index in [0.717, 1.165) is 21.7 Å². The first-order valence-electron chi connectivity index (χ1n) is 10.2. The number of para-hydroxylation sites is 1. The molecule has 0 fully saturated rings. The molecular weight excluding hydrogens is 533 g/mol. The van der Waals surface area contributed by atoms with Gasteiger partial charge in [-0.3, -0.25) is 13.8 Å². The molecule has 0 saturated heterocycles. The standard InChI is InChI=1S/C23H23Cl2N3O5S2/c1-15-5-4-6-16(2)23(15)27-35(32,33)21-9-7-19(8-10-21)26-22(29)14-28(34(3,30)31)20-12-17(24)11-18(25)13-20/h4-13,27H,14H2,1-3H3,(H,26,29). The molecule has 3 aromatic carbocycles. The molecule has 0 spiro atoms. The zero-order valence-corrected chi connectivity index (χ0v) is 22.2. The number of sulfonamides is 2. The molecule has 8 nitrogen and oxygen atoms in total. The van der Waals surface area contributed by atoms with Crippen LogP contribution in [0.5, 0.6) is 0 Å². The van der Waals surface area contributed by atoms with Crippen LogP contribution in [0.25, 0.3) is 0 Å². The van der Waals surface area contributed by atoms with Crippen molar-refractivity contribution < 1.29 is 21.6 Å². The van der Waals surface area contributed by atoms with Crippen LogP contribution in [0.4, 0.5) is 17.1 Å². The van der Waals surface area contributed by atoms with Crippen molar-refractivity contribution in [1.29, 1.82) is 0 Å². The molecule has 0 heterocycles. The summed E-state index contributed by atoms with van der Waals surface area (Å²) in [4.78, 5) is 12.6. The molecule has 3 aromatic rings. The van der Waals surface area contributed by atoms with E-state index in [1.807, 2.05) is 6.07 Å². The summed E-state index contributed by atoms with van der Waals surface area (Å²) in [5.41, 5.74) is 2.51. The fraction of sp³-hybridized carbons (Fsp3) is 0.174. The van der Waals surface area contributed by atoms with Gasteiger partial charge in [0.2, 0.25) is 15.9 Å². The van der Waals surface area contributed by atoms with E-state index in [-0.39, 0.29) is 20.6 Å². The second-order valence-electron chi connectivity index (χ2n) is 7.84. The van der Waals surface area contributed by atoms with Crippen LogP contribution >= 0.6 is 23.2 Å². The fourth-order valence-electron chi connectivity index (χ4n) is 3.30. The Hall–Kier alpha value is -2.79. The number of aryl methyl sites for hydroxylation is 2. The molecule has 1 amide bonds. The summed E-state index contributed by atoms with van der Waals surface area (Å²) >= 11 is 11.9. The lowest BCUT2D eigenvalue weighted by Gasteiger charge is -2.22. The van der Waals surface area contributed by atoms with Crippen LogP contribution in [-0.2, 0) is 24.8 Å². The normalized spacial score (nSPS) is 11.7. The monoisotopic (exact) mass is 555 g/mol. The maximum absolute atomic E-state index is 12.8. The smallest absolute Gasteiger partial charge is 0.261 e. The maximum atomic E-state index is 12.8. The van der Waals surface area contributed by atoms with Crippen molar-refractivity contribution in [2.24, 2.45) is 0 Å². The molecule has 0 radical (unpaired) electrons. The summed E-state index contributed by atoms with van der Waals surface area (Å²) in [7, 11) is -7.70. The number of rotatable bonds is 8. The molecule has 0 aromatic heterocycles. The van der Waals surface area contributed by atoms with Crippen molar-refractivity contribution in [3.63, 3.8) is 0 Å². The molecule has 0 saturated carbocycles. The molecule has 0 aliphatic heterocycles. The van der Waals surface area contributed by atoms with Crippen molar-refractivity contribution in [2.45, 2.75) is 18.7 Å². The number of hydrogen-bond acceptors (Lipinski definition) is 5. The Morgan fingerprint density at radius 1 is 0.886 bits per heavy atom. The van der Waals surface area contributed by atoms with Gasteiger partial charge >= 0.3 is 0 Å². The fourth-order valence-corrected chi connectivity index (χ4v) is 5.86. The Balaban J connectivity index is 1.75. The first-order chi connectivity index (χ1) is 16.3. The van der Waals surface area contributed by atoms with Gasteiger partial charge in [-0.2, -0.15) is 0 Å². The summed E-state index contributed by atoms with van der Waals surface area (Å²) in [5, 5.41) is 3.00. The van der Waals surface area contributed by atoms with E-state index in [1.54, 1.807) is 26.0 Å². The second-order valence-corrected chi connectivity index (χ2v) is 12.3. The number of carbonyl (C=O) groups excluding carboxylic acids is 1. The molecule has 0 unspecified atom stereocenters. The Morgan fingerprint density at radius 2 is 1.43 bits per heavy atom. The predicted octanol–water partition coefficient (Wildman–Crippen LogP) is 4.82. The molecule has 186 valence electrons. The van der Waals surface area contributed by atoms with Crippen molar-refractivity contribution in [3.8, 4) is 0 Å². The van der Waals surface area contributed by atoms with E-state index in [1.165, 1.54) is 42.5 Å². The topological polar surface area (TPSA) is 113 Å². The lowest BCUT2D eigenvalue weighted by atomic mass is 10.1. The number of carbonyl (C=O) groups is 1. The molecule has 0 aliphatic carbocycles. The van der Waals surface area contributed by atoms with Gasteiger partial charge in [0.05, 0.1) is 22.5 Å². The lowest BCUT2D eigenvalue weighted by molar-refractivity contribution is -0.114. The zero-order chi connectivity index (χ0) is 26.0. The van der Waals surface area contributed by atoms with Crippen LogP contribution in [0.2, 0.25) is 10.0 Å². The maximum Gasteiger partial charge on any atom is 0.261 e. The average molecular weight is 556 g/mol. The predicted molar refractivity (Wildman–Crippen MR) is 140 cm³/mol. The highest BCUT2D eigenvalue weighted by Gasteiger charge is 2.22. The van der Waals surface area contributed by atoms with Gasteiger partial charge in [0.15, 0.2) is 0 Å². The minimum absolute atomic E-state index is 0.00415. The van der Waals surface area contributed by atoms with E-state index < -0.39 is 32.5 Å². The number of benzene rings is 3. The van der Waals surface area contributed by atoms with Crippen molar-refractivity contribution >= 4 is 66.2 Å². The molecule has 12 heteroatoms. The van der Waals surface area contributed by atoms with E-state index in [4.69, 9.17) is 23.2 Å². The number of anilines is 3. The Labute approximate surface area is 215 Å². The van der Waals surface area contributed by atoms with Crippen LogP contribution in [-0.4, -0.2) is 35.5 Å². The summed E-state index contributed by atoms with van der Waals surface area (Å²) in [6.45, 7) is 3.07. The minimum atomic E-state index is -3.86. The number of amides is 1. The molecule has 0 bridgehead atoms. The summed E-state index contributed by atoms with van der Waals surface area (Å²) < 4.78 is 53.7. The summed E-state index contributed by atoms with van der Waals surface area (Å²) in [5.74, 6) is -0.643. The first-order valence-corrected chi connectivity index (χ1v) is 14.3. The van der Waals surface area contributed by atoms with Gasteiger partial charge in [0.25, 0.3) is 10.0 Å². The van der Waals surface area contributed by atoms with Crippen LogP contribution in [0.1, 0.15) is 11.1 Å². The summed E-state index contributed by atoms with van der Waals surface area (Å²) in [6.07, 6.45) is 0.956. The Bertz CT molecular complexity index is 1430. The van der Waals surface area contributed by atoms with Gasteiger partial charge in [-0.25, -0.2) is 16.8 Å². The second kappa shape index (κ2) is 10.4. The number of halogens is 2. The van der Waals surface area contributed by atoms with E-state index in [2.05, 4.69) is 10.0 Å². The molecule has 2 N–H and O–H groups in total. The van der Waals surface area contributed by atoms with Crippen LogP contribution in [0.3, 0.4) is 0 Å². The zero-order valence-electron chi connectivity index (χ0n) is 19.0. The lowest BCUT2D eigenvalue weighted by Crippen LogP contribution is -2.37. The number of nitrogens with one attached hydrogen (secondary N) is 2. The van der Waals surface area contributed by atoms with Crippen LogP contribution in [0.15, 0.2) is 65.6 Å². The highest BCUT2D eigenvalue weighted by atomic mass is 35.5. The third-order valence-electron chi connectivity index (χ3n) is 4.99. The quantitative estimate of drug-likeness (QED) is 0.413. The van der Waals surface area contributed by atoms with E-state index in [9.17, 15) is 21.6 Å². The van der Waals surface area contributed by atoms with E-state index >= 15 is 0 Å². The largest absolute Gasteiger partial charge is 0.325 e. The van der Waals surface area contributed by atoms with Gasteiger partial charge in [-0.05, 0) is 67.4 Å². The number of hydrogen-bond donors (Lipinski definition) is 2. The highest BCUT2D eigenvalue weighted by Crippen LogP contribution is 2.27. The third kappa shape index (κ3) is 6.88. The molecule has 3 rings (SSSR count). The third-order valence-corrected chi connectivity index (χ3v) is 7.93. The highest BCUT2D eigenvalue weighted by molar-refractivity contribution is 7.92. The SMILES string of the molecule is Cc1cccc(C)c1NS(=O)(=O)c1ccc(NC(=O)CN(c2cc(Cl)cc(Cl)c2)S(C)(=O)=O)cc1. The molecule has 0 aliphatic rings. The molecule has 0 atom stereocenters.